The number of amides is 1. The minimum atomic E-state index is -0.541. The van der Waals surface area contributed by atoms with Crippen molar-refractivity contribution in [3.8, 4) is 0 Å². The summed E-state index contributed by atoms with van der Waals surface area (Å²) in [5.74, 6) is 1.41. The molecule has 22 heavy (non-hydrogen) atoms. The molecule has 0 aliphatic rings. The van der Waals surface area contributed by atoms with Gasteiger partial charge in [0.1, 0.15) is 17.2 Å². The molecule has 0 saturated carbocycles. The number of carbonyl (C=O) groups excluding carboxylic acids is 1. The normalized spacial score (nSPS) is 11.5. The number of carbonyl (C=O) groups is 1. The van der Waals surface area contributed by atoms with Gasteiger partial charge in [-0.2, -0.15) is 5.10 Å². The number of nitrogens with one attached hydrogen (secondary N) is 4. The van der Waals surface area contributed by atoms with Crippen molar-refractivity contribution >= 4 is 11.9 Å². The quantitative estimate of drug-likeness (QED) is 0.676. The van der Waals surface area contributed by atoms with Crippen LogP contribution in [0.4, 0.5) is 10.6 Å². The molecule has 2 aromatic heterocycles. The van der Waals surface area contributed by atoms with Crippen LogP contribution < -0.4 is 10.6 Å². The second kappa shape index (κ2) is 6.61. The summed E-state index contributed by atoms with van der Waals surface area (Å²) in [5.41, 5.74) is 1.31. The number of anilines is 1. The molecule has 2 aromatic rings. The summed E-state index contributed by atoms with van der Waals surface area (Å²) in [7, 11) is 0. The second-order valence-corrected chi connectivity index (χ2v) is 5.99. The lowest BCUT2D eigenvalue weighted by molar-refractivity contribution is 0.0635. The standard InChI is InChI=1S/C14H22N6O2/c1-9-16-8-11(18-9)7-15-5-10-6-17-20-12(10)19-13(21)22-14(2,3)4/h6,8,15H,5,7H2,1-4H3,(H,16,18)(H2,17,19,20,21). The molecule has 4 N–H and O–H groups in total. The van der Waals surface area contributed by atoms with Crippen LogP contribution in [-0.4, -0.2) is 31.9 Å². The number of hydrogen-bond donors (Lipinski definition) is 4. The molecular formula is C14H22N6O2. The van der Waals surface area contributed by atoms with Crippen LogP contribution in [0.15, 0.2) is 12.4 Å². The lowest BCUT2D eigenvalue weighted by atomic mass is 10.2. The van der Waals surface area contributed by atoms with Crippen LogP contribution in [0.3, 0.4) is 0 Å². The summed E-state index contributed by atoms with van der Waals surface area (Å²) < 4.78 is 5.21. The molecule has 0 atom stereocenters. The number of ether oxygens (including phenoxy) is 1. The second-order valence-electron chi connectivity index (χ2n) is 5.99. The van der Waals surface area contributed by atoms with Crippen molar-refractivity contribution in [3.05, 3.63) is 29.5 Å². The maximum atomic E-state index is 11.8. The molecule has 0 aromatic carbocycles. The number of aryl methyl sites for hydroxylation is 1. The molecule has 8 nitrogen and oxygen atoms in total. The number of aromatic nitrogens is 4. The fraction of sp³-hybridized carbons (Fsp3) is 0.500. The Labute approximate surface area is 129 Å². The number of hydrogen-bond acceptors (Lipinski definition) is 5. The first-order chi connectivity index (χ1) is 10.3. The fourth-order valence-electron chi connectivity index (χ4n) is 1.85. The topological polar surface area (TPSA) is 108 Å². The van der Waals surface area contributed by atoms with Gasteiger partial charge in [0.05, 0.1) is 6.20 Å². The Balaban J connectivity index is 1.85. The molecule has 1 amide bonds. The van der Waals surface area contributed by atoms with E-state index in [1.807, 2.05) is 27.7 Å². The summed E-state index contributed by atoms with van der Waals surface area (Å²) in [6.45, 7) is 8.55. The molecule has 2 rings (SSSR count). The molecule has 0 bridgehead atoms. The highest BCUT2D eigenvalue weighted by Gasteiger charge is 2.17. The first kappa shape index (κ1) is 16.0. The Hall–Kier alpha value is -2.35. The minimum absolute atomic E-state index is 0.512. The summed E-state index contributed by atoms with van der Waals surface area (Å²) in [4.78, 5) is 19.0. The number of H-pyrrole nitrogens is 2. The third kappa shape index (κ3) is 4.88. The third-order valence-electron chi connectivity index (χ3n) is 2.73. The molecule has 0 aliphatic carbocycles. The largest absolute Gasteiger partial charge is 0.444 e. The van der Waals surface area contributed by atoms with Crippen molar-refractivity contribution in [2.75, 3.05) is 5.32 Å². The highest BCUT2D eigenvalue weighted by Crippen LogP contribution is 2.13. The van der Waals surface area contributed by atoms with Gasteiger partial charge < -0.3 is 15.0 Å². The van der Waals surface area contributed by atoms with Crippen LogP contribution in [0.1, 0.15) is 37.9 Å². The van der Waals surface area contributed by atoms with E-state index < -0.39 is 11.7 Å². The minimum Gasteiger partial charge on any atom is -0.444 e. The van der Waals surface area contributed by atoms with Gasteiger partial charge in [0.25, 0.3) is 0 Å². The van der Waals surface area contributed by atoms with E-state index in [0.29, 0.717) is 18.9 Å². The van der Waals surface area contributed by atoms with Gasteiger partial charge >= 0.3 is 6.09 Å². The van der Waals surface area contributed by atoms with E-state index in [1.165, 1.54) is 0 Å². The van der Waals surface area contributed by atoms with Gasteiger partial charge in [0, 0.05) is 30.5 Å². The van der Waals surface area contributed by atoms with E-state index in [2.05, 4.69) is 30.8 Å². The van der Waals surface area contributed by atoms with Crippen molar-refractivity contribution < 1.29 is 9.53 Å². The number of aromatic amines is 2. The molecule has 0 unspecified atom stereocenters. The smallest absolute Gasteiger partial charge is 0.413 e. The average molecular weight is 306 g/mol. The van der Waals surface area contributed by atoms with Crippen molar-refractivity contribution in [1.29, 1.82) is 0 Å². The van der Waals surface area contributed by atoms with E-state index in [1.54, 1.807) is 12.4 Å². The van der Waals surface area contributed by atoms with Crippen molar-refractivity contribution in [3.63, 3.8) is 0 Å². The first-order valence-electron chi connectivity index (χ1n) is 7.07. The van der Waals surface area contributed by atoms with Crippen LogP contribution >= 0.6 is 0 Å². The highest BCUT2D eigenvalue weighted by atomic mass is 16.6. The van der Waals surface area contributed by atoms with Gasteiger partial charge in [-0.3, -0.25) is 10.4 Å². The van der Waals surface area contributed by atoms with Gasteiger partial charge in [-0.25, -0.2) is 9.78 Å². The Bertz CT molecular complexity index is 625. The zero-order valence-corrected chi connectivity index (χ0v) is 13.3. The number of nitrogens with zero attached hydrogens (tertiary/aromatic N) is 2. The van der Waals surface area contributed by atoms with Gasteiger partial charge in [-0.1, -0.05) is 0 Å². The summed E-state index contributed by atoms with van der Waals surface area (Å²) in [6, 6.07) is 0. The first-order valence-corrected chi connectivity index (χ1v) is 7.07. The zero-order valence-electron chi connectivity index (χ0n) is 13.3. The summed E-state index contributed by atoms with van der Waals surface area (Å²) in [5, 5.41) is 12.6. The van der Waals surface area contributed by atoms with Crippen LogP contribution in [0, 0.1) is 6.92 Å². The summed E-state index contributed by atoms with van der Waals surface area (Å²) in [6.07, 6.45) is 2.94. The average Bonchev–Trinajstić information content (AvgIpc) is 2.97. The SMILES string of the molecule is Cc1ncc(CNCc2cn[nH]c2NC(=O)OC(C)(C)C)[nH]1. The Morgan fingerprint density at radius 3 is 2.73 bits per heavy atom. The Kier molecular flexibility index (Phi) is 4.81. The van der Waals surface area contributed by atoms with Gasteiger partial charge in [0.15, 0.2) is 0 Å². The molecule has 8 heteroatoms. The van der Waals surface area contributed by atoms with E-state index in [-0.39, 0.29) is 0 Å². The fourth-order valence-corrected chi connectivity index (χ4v) is 1.85. The zero-order chi connectivity index (χ0) is 16.2. The molecule has 2 heterocycles. The monoisotopic (exact) mass is 306 g/mol. The van der Waals surface area contributed by atoms with Gasteiger partial charge in [-0.05, 0) is 27.7 Å². The summed E-state index contributed by atoms with van der Waals surface area (Å²) >= 11 is 0. The molecule has 0 aliphatic heterocycles. The molecule has 0 radical (unpaired) electrons. The maximum absolute atomic E-state index is 11.8. The number of rotatable bonds is 5. The van der Waals surface area contributed by atoms with Crippen LogP contribution in [-0.2, 0) is 17.8 Å². The van der Waals surface area contributed by atoms with Crippen molar-refractivity contribution in [1.82, 2.24) is 25.5 Å². The number of imidazole rings is 1. The molecular weight excluding hydrogens is 284 g/mol. The van der Waals surface area contributed by atoms with Gasteiger partial charge in [0.2, 0.25) is 0 Å². The van der Waals surface area contributed by atoms with Crippen molar-refractivity contribution in [2.45, 2.75) is 46.4 Å². The maximum Gasteiger partial charge on any atom is 0.413 e. The van der Waals surface area contributed by atoms with Crippen molar-refractivity contribution in [2.24, 2.45) is 0 Å². The Morgan fingerprint density at radius 1 is 1.32 bits per heavy atom. The van der Waals surface area contributed by atoms with E-state index in [4.69, 9.17) is 4.74 Å². The van der Waals surface area contributed by atoms with E-state index in [0.717, 1.165) is 17.1 Å². The predicted octanol–water partition coefficient (Wildman–Crippen LogP) is 2.08. The van der Waals surface area contributed by atoms with Crippen LogP contribution in [0.25, 0.3) is 0 Å². The Morgan fingerprint density at radius 2 is 2.09 bits per heavy atom. The third-order valence-corrected chi connectivity index (χ3v) is 2.73. The molecule has 120 valence electrons. The van der Waals surface area contributed by atoms with E-state index >= 15 is 0 Å². The van der Waals surface area contributed by atoms with Gasteiger partial charge in [-0.15, -0.1) is 0 Å². The molecule has 0 saturated heterocycles. The lowest BCUT2D eigenvalue weighted by Gasteiger charge is -2.19. The molecule has 0 fully saturated rings. The lowest BCUT2D eigenvalue weighted by Crippen LogP contribution is -2.27. The van der Waals surface area contributed by atoms with Crippen LogP contribution in [0.2, 0.25) is 0 Å². The highest BCUT2D eigenvalue weighted by molar-refractivity contribution is 5.84. The van der Waals surface area contributed by atoms with E-state index in [9.17, 15) is 4.79 Å². The van der Waals surface area contributed by atoms with Crippen LogP contribution in [0.5, 0.6) is 0 Å². The molecule has 0 spiro atoms. The predicted molar refractivity (Wildman–Crippen MR) is 82.3 cm³/mol.